The molecule has 1 fully saturated rings. The average molecular weight is 360 g/mol. The molecule has 5 rings (SSSR count). The Balaban J connectivity index is 1.52. The SMILES string of the molecule is CCn1nnc2cc(C(=O)N(C3CC3)C3CCCc4ccccc43)ccc21. The summed E-state index contributed by atoms with van der Waals surface area (Å²) in [5.41, 5.74) is 5.23. The summed E-state index contributed by atoms with van der Waals surface area (Å²) < 4.78 is 1.86. The van der Waals surface area contributed by atoms with E-state index in [1.165, 1.54) is 11.1 Å². The van der Waals surface area contributed by atoms with E-state index < -0.39 is 0 Å². The summed E-state index contributed by atoms with van der Waals surface area (Å²) in [6.07, 6.45) is 5.53. The molecule has 1 unspecified atom stereocenters. The van der Waals surface area contributed by atoms with E-state index in [9.17, 15) is 4.79 Å². The van der Waals surface area contributed by atoms with E-state index in [-0.39, 0.29) is 11.9 Å². The standard InChI is InChI=1S/C22H24N4O/c1-2-25-21-13-10-16(14-19(21)23-24-25)22(27)26(17-11-12-17)20-9-5-7-15-6-3-4-8-18(15)20/h3-4,6,8,10,13-14,17,20H,2,5,7,9,11-12H2,1H3. The van der Waals surface area contributed by atoms with Gasteiger partial charge in [-0.05, 0) is 68.4 Å². The molecule has 1 aromatic heterocycles. The van der Waals surface area contributed by atoms with Crippen LogP contribution in [0.25, 0.3) is 11.0 Å². The number of aromatic nitrogens is 3. The van der Waals surface area contributed by atoms with Crippen LogP contribution in [0.4, 0.5) is 0 Å². The Kier molecular flexibility index (Phi) is 3.96. The largest absolute Gasteiger partial charge is 0.329 e. The number of carbonyl (C=O) groups excluding carboxylic acids is 1. The minimum atomic E-state index is 0.132. The van der Waals surface area contributed by atoms with Crippen molar-refractivity contribution in [1.29, 1.82) is 0 Å². The van der Waals surface area contributed by atoms with Gasteiger partial charge in [0.2, 0.25) is 0 Å². The molecule has 27 heavy (non-hydrogen) atoms. The van der Waals surface area contributed by atoms with E-state index >= 15 is 0 Å². The Morgan fingerprint density at radius 1 is 1.19 bits per heavy atom. The first-order valence-corrected chi connectivity index (χ1v) is 10.00. The van der Waals surface area contributed by atoms with Gasteiger partial charge >= 0.3 is 0 Å². The maximum absolute atomic E-state index is 13.5. The second-order valence-electron chi connectivity index (χ2n) is 7.66. The van der Waals surface area contributed by atoms with Crippen LogP contribution in [-0.2, 0) is 13.0 Å². The number of benzene rings is 2. The van der Waals surface area contributed by atoms with Crippen LogP contribution in [0.1, 0.15) is 60.1 Å². The fourth-order valence-electron chi connectivity index (χ4n) is 4.42. The van der Waals surface area contributed by atoms with Gasteiger partial charge in [0.15, 0.2) is 0 Å². The van der Waals surface area contributed by atoms with Crippen molar-refractivity contribution in [1.82, 2.24) is 19.9 Å². The summed E-state index contributed by atoms with van der Waals surface area (Å²) >= 11 is 0. The van der Waals surface area contributed by atoms with Crippen molar-refractivity contribution in [3.05, 3.63) is 59.2 Å². The van der Waals surface area contributed by atoms with Crippen molar-refractivity contribution in [2.75, 3.05) is 0 Å². The van der Waals surface area contributed by atoms with Gasteiger partial charge in [0.1, 0.15) is 5.52 Å². The smallest absolute Gasteiger partial charge is 0.254 e. The molecule has 138 valence electrons. The lowest BCUT2D eigenvalue weighted by atomic mass is 9.86. The fraction of sp³-hybridized carbons (Fsp3) is 0.409. The minimum absolute atomic E-state index is 0.132. The zero-order valence-electron chi connectivity index (χ0n) is 15.6. The lowest BCUT2D eigenvalue weighted by molar-refractivity contribution is 0.0638. The molecule has 0 N–H and O–H groups in total. The van der Waals surface area contributed by atoms with Crippen molar-refractivity contribution >= 4 is 16.9 Å². The second kappa shape index (κ2) is 6.48. The number of amides is 1. The number of nitrogens with zero attached hydrogens (tertiary/aromatic N) is 4. The molecule has 1 saturated carbocycles. The molecule has 1 amide bonds. The minimum Gasteiger partial charge on any atom is -0.329 e. The van der Waals surface area contributed by atoms with Gasteiger partial charge in [-0.25, -0.2) is 4.68 Å². The summed E-state index contributed by atoms with van der Waals surface area (Å²) in [6.45, 7) is 2.82. The molecule has 0 aliphatic heterocycles. The van der Waals surface area contributed by atoms with Gasteiger partial charge in [0.25, 0.3) is 5.91 Å². The summed E-state index contributed by atoms with van der Waals surface area (Å²) in [6, 6.07) is 15.0. The van der Waals surface area contributed by atoms with Crippen molar-refractivity contribution in [3.8, 4) is 0 Å². The Bertz CT molecular complexity index is 1000. The number of rotatable bonds is 4. The number of carbonyl (C=O) groups is 1. The first-order chi connectivity index (χ1) is 13.3. The van der Waals surface area contributed by atoms with Gasteiger partial charge in [0.05, 0.1) is 11.6 Å². The zero-order valence-corrected chi connectivity index (χ0v) is 15.6. The van der Waals surface area contributed by atoms with Gasteiger partial charge in [-0.3, -0.25) is 4.79 Å². The van der Waals surface area contributed by atoms with Gasteiger partial charge < -0.3 is 4.90 Å². The van der Waals surface area contributed by atoms with Crippen molar-refractivity contribution in [2.45, 2.75) is 57.7 Å². The molecular weight excluding hydrogens is 336 g/mol. The summed E-state index contributed by atoms with van der Waals surface area (Å²) in [5, 5.41) is 8.41. The highest BCUT2D eigenvalue weighted by Gasteiger charge is 2.39. The van der Waals surface area contributed by atoms with Crippen LogP contribution in [0.3, 0.4) is 0 Å². The molecule has 0 bridgehead atoms. The highest BCUT2D eigenvalue weighted by atomic mass is 16.2. The van der Waals surface area contributed by atoms with Crippen LogP contribution in [0.5, 0.6) is 0 Å². The van der Waals surface area contributed by atoms with Crippen molar-refractivity contribution in [2.24, 2.45) is 0 Å². The molecule has 1 atom stereocenters. The normalized spacial score (nSPS) is 19.1. The van der Waals surface area contributed by atoms with Crippen LogP contribution in [0.2, 0.25) is 0 Å². The molecule has 5 nitrogen and oxygen atoms in total. The van der Waals surface area contributed by atoms with E-state index in [1.807, 2.05) is 29.8 Å². The van der Waals surface area contributed by atoms with Gasteiger partial charge in [-0.1, -0.05) is 29.5 Å². The third-order valence-corrected chi connectivity index (χ3v) is 5.91. The predicted molar refractivity (Wildman–Crippen MR) is 105 cm³/mol. The van der Waals surface area contributed by atoms with Crippen LogP contribution in [-0.4, -0.2) is 31.8 Å². The van der Waals surface area contributed by atoms with Gasteiger partial charge in [0, 0.05) is 18.2 Å². The Hall–Kier alpha value is -2.69. The molecule has 2 aliphatic rings. The monoisotopic (exact) mass is 360 g/mol. The van der Waals surface area contributed by atoms with Crippen LogP contribution in [0, 0.1) is 0 Å². The highest BCUT2D eigenvalue weighted by molar-refractivity contribution is 5.98. The third kappa shape index (κ3) is 2.82. The van der Waals surface area contributed by atoms with Crippen molar-refractivity contribution in [3.63, 3.8) is 0 Å². The lowest BCUT2D eigenvalue weighted by Gasteiger charge is -2.36. The number of hydrogen-bond acceptors (Lipinski definition) is 3. The molecule has 0 saturated heterocycles. The van der Waals surface area contributed by atoms with Gasteiger partial charge in [-0.15, -0.1) is 5.10 Å². The number of aryl methyl sites for hydroxylation is 2. The maximum Gasteiger partial charge on any atom is 0.254 e. The Labute approximate surface area is 159 Å². The molecule has 2 aromatic carbocycles. The Morgan fingerprint density at radius 3 is 2.85 bits per heavy atom. The molecule has 5 heteroatoms. The van der Waals surface area contributed by atoms with Crippen molar-refractivity contribution < 1.29 is 4.79 Å². The number of hydrogen-bond donors (Lipinski definition) is 0. The van der Waals surface area contributed by atoms with E-state index in [0.717, 1.165) is 55.2 Å². The first-order valence-electron chi connectivity index (χ1n) is 10.00. The summed E-state index contributed by atoms with van der Waals surface area (Å²) in [5.74, 6) is 0.132. The quantitative estimate of drug-likeness (QED) is 0.703. The lowest BCUT2D eigenvalue weighted by Crippen LogP contribution is -2.38. The van der Waals surface area contributed by atoms with Crippen LogP contribution < -0.4 is 0 Å². The van der Waals surface area contributed by atoms with E-state index in [2.05, 4.69) is 39.5 Å². The first kappa shape index (κ1) is 16.5. The molecule has 1 heterocycles. The van der Waals surface area contributed by atoms with Gasteiger partial charge in [-0.2, -0.15) is 0 Å². The predicted octanol–water partition coefficient (Wildman–Crippen LogP) is 4.13. The molecule has 3 aromatic rings. The highest BCUT2D eigenvalue weighted by Crippen LogP contribution is 2.41. The summed E-state index contributed by atoms with van der Waals surface area (Å²) in [4.78, 5) is 15.7. The van der Waals surface area contributed by atoms with Crippen LogP contribution in [0.15, 0.2) is 42.5 Å². The number of fused-ring (bicyclic) bond motifs is 2. The summed E-state index contributed by atoms with van der Waals surface area (Å²) in [7, 11) is 0. The molecule has 2 aliphatic carbocycles. The van der Waals surface area contributed by atoms with E-state index in [4.69, 9.17) is 0 Å². The average Bonchev–Trinajstić information content (AvgIpc) is 3.46. The maximum atomic E-state index is 13.5. The van der Waals surface area contributed by atoms with E-state index in [0.29, 0.717) is 6.04 Å². The van der Waals surface area contributed by atoms with Crippen LogP contribution >= 0.6 is 0 Å². The Morgan fingerprint density at radius 2 is 2.04 bits per heavy atom. The molecule has 0 radical (unpaired) electrons. The van der Waals surface area contributed by atoms with E-state index in [1.54, 1.807) is 0 Å². The molecular formula is C22H24N4O. The fourth-order valence-corrected chi connectivity index (χ4v) is 4.42. The third-order valence-electron chi connectivity index (χ3n) is 5.91. The topological polar surface area (TPSA) is 51.0 Å². The molecule has 0 spiro atoms. The zero-order chi connectivity index (χ0) is 18.4. The second-order valence-corrected chi connectivity index (χ2v) is 7.66.